The van der Waals surface area contributed by atoms with Crippen LogP contribution >= 0.6 is 0 Å². The summed E-state index contributed by atoms with van der Waals surface area (Å²) in [5.41, 5.74) is 0.904. The van der Waals surface area contributed by atoms with E-state index in [-0.39, 0.29) is 0 Å². The van der Waals surface area contributed by atoms with Gasteiger partial charge in [-0.3, -0.25) is 0 Å². The number of hydrogen-bond donors (Lipinski definition) is 3. The molecule has 1 aliphatic heterocycles. The lowest BCUT2D eigenvalue weighted by atomic mass is 10.2. The van der Waals surface area contributed by atoms with Gasteiger partial charge in [0, 0.05) is 24.8 Å². The van der Waals surface area contributed by atoms with Gasteiger partial charge in [-0.25, -0.2) is 4.98 Å². The van der Waals surface area contributed by atoms with Crippen LogP contribution in [0, 0.1) is 0 Å². The van der Waals surface area contributed by atoms with Crippen LogP contribution in [-0.4, -0.2) is 49.4 Å². The first-order valence-electron chi connectivity index (χ1n) is 6.05. The average molecular weight is 249 g/mol. The molecule has 1 saturated heterocycles. The summed E-state index contributed by atoms with van der Waals surface area (Å²) in [4.78, 5) is 8.70. The number of likely N-dealkylation sites (N-methyl/N-ethyl adjacent to an activating group) is 1. The molecule has 0 atom stereocenters. The van der Waals surface area contributed by atoms with Crippen molar-refractivity contribution in [2.45, 2.75) is 6.04 Å². The van der Waals surface area contributed by atoms with Gasteiger partial charge in [0.05, 0.1) is 19.3 Å². The van der Waals surface area contributed by atoms with Crippen LogP contribution in [0.4, 0.5) is 11.8 Å². The molecule has 0 radical (unpaired) electrons. The van der Waals surface area contributed by atoms with E-state index in [1.165, 1.54) is 0 Å². The maximum atomic E-state index is 5.10. The molecule has 1 fully saturated rings. The molecular weight excluding hydrogens is 230 g/mol. The fourth-order valence-corrected chi connectivity index (χ4v) is 1.56. The van der Waals surface area contributed by atoms with E-state index >= 15 is 0 Å². The highest BCUT2D eigenvalue weighted by atomic mass is 16.5. The maximum absolute atomic E-state index is 5.10. The maximum Gasteiger partial charge on any atom is 0.225 e. The molecule has 2 rings (SSSR count). The lowest BCUT2D eigenvalue weighted by molar-refractivity contribution is 0.0208. The van der Waals surface area contributed by atoms with E-state index in [0.29, 0.717) is 12.0 Å². The Morgan fingerprint density at radius 2 is 2.33 bits per heavy atom. The Morgan fingerprint density at radius 3 is 2.94 bits per heavy atom. The second-order valence-corrected chi connectivity index (χ2v) is 4.11. The highest BCUT2D eigenvalue weighted by Crippen LogP contribution is 2.16. The second kappa shape index (κ2) is 6.32. The van der Waals surface area contributed by atoms with Crippen molar-refractivity contribution in [2.24, 2.45) is 0 Å². The Balaban J connectivity index is 2.02. The molecule has 1 aromatic heterocycles. The third-order valence-electron chi connectivity index (χ3n) is 2.68. The van der Waals surface area contributed by atoms with Crippen LogP contribution in [0.5, 0.6) is 0 Å². The lowest BCUT2D eigenvalue weighted by Gasteiger charge is -2.26. The zero-order chi connectivity index (χ0) is 12.8. The van der Waals surface area contributed by atoms with Crippen LogP contribution in [0.3, 0.4) is 0 Å². The number of nitrogens with one attached hydrogen (secondary N) is 3. The van der Waals surface area contributed by atoms with Crippen molar-refractivity contribution in [2.75, 3.05) is 44.0 Å². The van der Waals surface area contributed by atoms with Crippen LogP contribution in [0.2, 0.25) is 0 Å². The number of ether oxygens (including phenoxy) is 1. The van der Waals surface area contributed by atoms with Gasteiger partial charge in [0.1, 0.15) is 5.82 Å². The normalized spacial score (nSPS) is 14.9. The summed E-state index contributed by atoms with van der Waals surface area (Å²) in [6.07, 6.45) is 3.52. The molecule has 0 spiro atoms. The smallest absolute Gasteiger partial charge is 0.225 e. The first kappa shape index (κ1) is 12.8. The fraction of sp³-hybridized carbons (Fsp3) is 0.500. The molecule has 0 aliphatic carbocycles. The van der Waals surface area contributed by atoms with Crippen LogP contribution in [0.1, 0.15) is 5.56 Å². The van der Waals surface area contributed by atoms with Gasteiger partial charge in [-0.05, 0) is 7.05 Å². The largest absolute Gasteiger partial charge is 0.377 e. The summed E-state index contributed by atoms with van der Waals surface area (Å²) in [6, 6.07) is 0.324. The number of aromatic nitrogens is 2. The molecule has 0 saturated carbocycles. The molecule has 2 heterocycles. The number of rotatable bonds is 7. The molecule has 0 unspecified atom stereocenters. The first-order valence-corrected chi connectivity index (χ1v) is 6.05. The zero-order valence-electron chi connectivity index (χ0n) is 10.6. The van der Waals surface area contributed by atoms with Crippen molar-refractivity contribution in [3.63, 3.8) is 0 Å². The highest BCUT2D eigenvalue weighted by molar-refractivity contribution is 5.62. The fourth-order valence-electron chi connectivity index (χ4n) is 1.56. The Bertz CT molecular complexity index is 405. The molecule has 1 aromatic rings. The summed E-state index contributed by atoms with van der Waals surface area (Å²) in [5, 5.41) is 9.56. The minimum absolute atomic E-state index is 0.324. The van der Waals surface area contributed by atoms with Crippen LogP contribution < -0.4 is 16.0 Å². The van der Waals surface area contributed by atoms with E-state index in [9.17, 15) is 0 Å². The van der Waals surface area contributed by atoms with Crippen molar-refractivity contribution in [1.29, 1.82) is 0 Å². The van der Waals surface area contributed by atoms with E-state index in [0.717, 1.165) is 37.7 Å². The molecule has 1 aliphatic rings. The molecule has 6 nitrogen and oxygen atoms in total. The number of anilines is 2. The minimum Gasteiger partial charge on any atom is -0.377 e. The minimum atomic E-state index is 0.324. The Morgan fingerprint density at radius 1 is 1.50 bits per heavy atom. The molecule has 6 heteroatoms. The zero-order valence-corrected chi connectivity index (χ0v) is 10.6. The predicted molar refractivity (Wildman–Crippen MR) is 72.8 cm³/mol. The Kier molecular flexibility index (Phi) is 4.49. The lowest BCUT2D eigenvalue weighted by Crippen LogP contribution is -2.40. The molecule has 3 N–H and O–H groups in total. The van der Waals surface area contributed by atoms with Gasteiger partial charge >= 0.3 is 0 Å². The SMILES string of the molecule is C=Cc1cnc(NC2COC2)nc1NCCNC. The van der Waals surface area contributed by atoms with Crippen LogP contribution in [0.25, 0.3) is 6.08 Å². The van der Waals surface area contributed by atoms with Crippen molar-refractivity contribution >= 4 is 17.8 Å². The van der Waals surface area contributed by atoms with Crippen LogP contribution in [0.15, 0.2) is 12.8 Å². The van der Waals surface area contributed by atoms with Gasteiger partial charge in [0.2, 0.25) is 5.95 Å². The van der Waals surface area contributed by atoms with E-state index in [2.05, 4.69) is 32.5 Å². The topological polar surface area (TPSA) is 71.1 Å². The first-order chi connectivity index (χ1) is 8.83. The third-order valence-corrected chi connectivity index (χ3v) is 2.68. The number of hydrogen-bond acceptors (Lipinski definition) is 6. The van der Waals surface area contributed by atoms with Gasteiger partial charge < -0.3 is 20.7 Å². The van der Waals surface area contributed by atoms with E-state index in [1.807, 2.05) is 7.05 Å². The van der Waals surface area contributed by atoms with Crippen molar-refractivity contribution in [3.8, 4) is 0 Å². The second-order valence-electron chi connectivity index (χ2n) is 4.11. The Labute approximate surface area is 107 Å². The van der Waals surface area contributed by atoms with Gasteiger partial charge in [0.25, 0.3) is 0 Å². The Hall–Kier alpha value is -1.66. The number of nitrogens with zero attached hydrogens (tertiary/aromatic N) is 2. The molecular formula is C12H19N5O. The van der Waals surface area contributed by atoms with E-state index < -0.39 is 0 Å². The predicted octanol–water partition coefficient (Wildman–Crippen LogP) is 0.562. The summed E-state index contributed by atoms with van der Waals surface area (Å²) < 4.78 is 5.10. The van der Waals surface area contributed by atoms with Gasteiger partial charge in [-0.15, -0.1) is 0 Å². The van der Waals surface area contributed by atoms with Crippen LogP contribution in [-0.2, 0) is 4.74 Å². The summed E-state index contributed by atoms with van der Waals surface area (Å²) in [6.45, 7) is 6.88. The van der Waals surface area contributed by atoms with E-state index in [1.54, 1.807) is 12.3 Å². The third kappa shape index (κ3) is 3.18. The van der Waals surface area contributed by atoms with Gasteiger partial charge in [-0.1, -0.05) is 12.7 Å². The van der Waals surface area contributed by atoms with Gasteiger partial charge in [0.15, 0.2) is 0 Å². The van der Waals surface area contributed by atoms with Crippen molar-refractivity contribution < 1.29 is 4.74 Å². The van der Waals surface area contributed by atoms with E-state index in [4.69, 9.17) is 4.74 Å². The highest BCUT2D eigenvalue weighted by Gasteiger charge is 2.19. The van der Waals surface area contributed by atoms with Crippen molar-refractivity contribution in [3.05, 3.63) is 18.3 Å². The molecule has 18 heavy (non-hydrogen) atoms. The standard InChI is InChI=1S/C12H19N5O/c1-3-9-6-15-12(16-10-7-18-8-10)17-11(9)14-5-4-13-2/h3,6,10,13H,1,4-5,7-8H2,2H3,(H2,14,15,16,17). The monoisotopic (exact) mass is 249 g/mol. The molecule has 0 amide bonds. The summed E-state index contributed by atoms with van der Waals surface area (Å²) in [7, 11) is 1.92. The van der Waals surface area contributed by atoms with Crippen molar-refractivity contribution in [1.82, 2.24) is 15.3 Å². The quantitative estimate of drug-likeness (QED) is 0.613. The molecule has 0 bridgehead atoms. The molecule has 0 aromatic carbocycles. The summed E-state index contributed by atoms with van der Waals surface area (Å²) in [5.74, 6) is 1.43. The average Bonchev–Trinajstić information content (AvgIpc) is 2.34. The summed E-state index contributed by atoms with van der Waals surface area (Å²) >= 11 is 0. The van der Waals surface area contributed by atoms with Gasteiger partial charge in [-0.2, -0.15) is 4.98 Å². The molecule has 98 valence electrons.